The second-order valence-corrected chi connectivity index (χ2v) is 12.5. The Kier molecular flexibility index (Phi) is 7.35. The zero-order valence-corrected chi connectivity index (χ0v) is 22.0. The summed E-state index contributed by atoms with van der Waals surface area (Å²) in [6, 6.07) is 6.20. The first kappa shape index (κ1) is 25.8. The lowest BCUT2D eigenvalue weighted by Crippen LogP contribution is -2.48. The third kappa shape index (κ3) is 5.29. The molecule has 11 heteroatoms. The number of fused-ring (bicyclic) bond motifs is 1. The summed E-state index contributed by atoms with van der Waals surface area (Å²) in [5, 5.41) is 3.26. The van der Waals surface area contributed by atoms with E-state index in [-0.39, 0.29) is 30.2 Å². The molecule has 4 rings (SSSR count). The number of rotatable bonds is 6. The Morgan fingerprint density at radius 1 is 1.14 bits per heavy atom. The molecular weight excluding hydrogens is 488 g/mol. The van der Waals surface area contributed by atoms with Crippen LogP contribution in [-0.2, 0) is 27.7 Å². The van der Waals surface area contributed by atoms with Gasteiger partial charge in [0.25, 0.3) is 11.8 Å². The van der Waals surface area contributed by atoms with E-state index in [0.29, 0.717) is 35.1 Å². The second kappa shape index (κ2) is 9.98. The third-order valence-corrected chi connectivity index (χ3v) is 9.41. The number of carbonyl (C=O) groups is 2. The van der Waals surface area contributed by atoms with Gasteiger partial charge in [-0.15, -0.1) is 11.3 Å². The van der Waals surface area contributed by atoms with Crippen molar-refractivity contribution in [1.29, 1.82) is 0 Å². The van der Waals surface area contributed by atoms with Crippen LogP contribution in [0.5, 0.6) is 0 Å². The molecule has 3 N–H and O–H groups in total. The summed E-state index contributed by atoms with van der Waals surface area (Å²) in [6.07, 6.45) is 0.313. The van der Waals surface area contributed by atoms with Gasteiger partial charge in [-0.2, -0.15) is 4.31 Å². The lowest BCUT2D eigenvalue weighted by Gasteiger charge is -2.34. The largest absolute Gasteiger partial charge is 0.373 e. The molecule has 1 aromatic heterocycles. The number of primary amides is 1. The van der Waals surface area contributed by atoms with Crippen LogP contribution in [-0.4, -0.2) is 67.3 Å². The van der Waals surface area contributed by atoms with E-state index in [1.54, 1.807) is 0 Å². The highest BCUT2D eigenvalue weighted by Crippen LogP contribution is 2.37. The van der Waals surface area contributed by atoms with E-state index in [1.807, 2.05) is 13.8 Å². The number of carbonyl (C=O) groups excluding carboxylic acids is 2. The molecule has 2 aliphatic rings. The van der Waals surface area contributed by atoms with Crippen LogP contribution < -0.4 is 11.1 Å². The van der Waals surface area contributed by atoms with Gasteiger partial charge in [-0.05, 0) is 63.9 Å². The van der Waals surface area contributed by atoms with Crippen LogP contribution in [0, 0.1) is 0 Å². The molecule has 2 aromatic rings. The molecule has 0 bridgehead atoms. The summed E-state index contributed by atoms with van der Waals surface area (Å²) < 4.78 is 33.2. The van der Waals surface area contributed by atoms with Gasteiger partial charge in [-0.25, -0.2) is 8.42 Å². The first-order chi connectivity index (χ1) is 16.5. The number of nitrogens with zero attached hydrogens (tertiary/aromatic N) is 2. The summed E-state index contributed by atoms with van der Waals surface area (Å²) in [6.45, 7) is 10.0. The lowest BCUT2D eigenvalue weighted by atomic mass is 10.0. The van der Waals surface area contributed by atoms with Gasteiger partial charge in [0.1, 0.15) is 5.00 Å². The van der Waals surface area contributed by atoms with Crippen LogP contribution in [0.3, 0.4) is 0 Å². The van der Waals surface area contributed by atoms with E-state index < -0.39 is 21.8 Å². The molecule has 1 aromatic carbocycles. The van der Waals surface area contributed by atoms with Crippen LogP contribution in [0.25, 0.3) is 0 Å². The Labute approximate surface area is 210 Å². The molecule has 35 heavy (non-hydrogen) atoms. The van der Waals surface area contributed by atoms with E-state index in [1.165, 1.54) is 39.9 Å². The zero-order valence-electron chi connectivity index (χ0n) is 20.4. The zero-order chi connectivity index (χ0) is 25.5. The van der Waals surface area contributed by atoms with Crippen molar-refractivity contribution in [1.82, 2.24) is 9.21 Å². The van der Waals surface area contributed by atoms with Crippen LogP contribution in [0.15, 0.2) is 29.2 Å². The Morgan fingerprint density at radius 3 is 2.34 bits per heavy atom. The van der Waals surface area contributed by atoms with Gasteiger partial charge >= 0.3 is 0 Å². The maximum absolute atomic E-state index is 13.1. The number of benzene rings is 1. The van der Waals surface area contributed by atoms with Gasteiger partial charge in [0, 0.05) is 42.7 Å². The quantitative estimate of drug-likeness (QED) is 0.604. The average molecular weight is 521 g/mol. The smallest absolute Gasteiger partial charge is 0.256 e. The number of thiophene rings is 1. The summed E-state index contributed by atoms with van der Waals surface area (Å²) >= 11 is 1.37. The maximum atomic E-state index is 13.1. The first-order valence-corrected chi connectivity index (χ1v) is 14.0. The molecular formula is C24H32N4O5S2. The van der Waals surface area contributed by atoms with Gasteiger partial charge in [-0.1, -0.05) is 0 Å². The van der Waals surface area contributed by atoms with Gasteiger partial charge in [0.05, 0.1) is 22.7 Å². The van der Waals surface area contributed by atoms with Crippen molar-refractivity contribution in [2.24, 2.45) is 5.73 Å². The molecule has 0 aliphatic carbocycles. The van der Waals surface area contributed by atoms with E-state index >= 15 is 0 Å². The molecule has 0 saturated carbocycles. The Balaban J connectivity index is 1.53. The number of hydrogen-bond acceptors (Lipinski definition) is 7. The highest BCUT2D eigenvalue weighted by Gasteiger charge is 2.32. The van der Waals surface area contributed by atoms with Crippen molar-refractivity contribution >= 4 is 38.2 Å². The molecule has 1 fully saturated rings. The number of amides is 2. The van der Waals surface area contributed by atoms with Crippen molar-refractivity contribution in [3.8, 4) is 0 Å². The molecule has 2 atom stereocenters. The standard InChI is InChI=1S/C24H32N4O5S2/c1-14(2)27-10-9-19-20(13-27)34-24(21(19)22(25)29)26-23(30)17-5-7-18(8-6-17)35(31,32)28-11-15(3)33-16(4)12-28/h5-8,14-16H,9-13H2,1-4H3,(H2,25,29)(H,26,30)/t15-,16-/m0/s1. The Hall–Kier alpha value is -2.31. The minimum atomic E-state index is -3.70. The topological polar surface area (TPSA) is 122 Å². The molecule has 1 saturated heterocycles. The predicted octanol–water partition coefficient (Wildman–Crippen LogP) is 2.66. The fourth-order valence-electron chi connectivity index (χ4n) is 4.64. The molecule has 0 spiro atoms. The Morgan fingerprint density at radius 2 is 1.77 bits per heavy atom. The minimum Gasteiger partial charge on any atom is -0.373 e. The number of ether oxygens (including phenoxy) is 1. The van der Waals surface area contributed by atoms with Crippen LogP contribution in [0.4, 0.5) is 5.00 Å². The first-order valence-electron chi connectivity index (χ1n) is 11.7. The van der Waals surface area contributed by atoms with Crippen LogP contribution >= 0.6 is 11.3 Å². The van der Waals surface area contributed by atoms with Crippen LogP contribution in [0.2, 0.25) is 0 Å². The van der Waals surface area contributed by atoms with E-state index in [9.17, 15) is 18.0 Å². The van der Waals surface area contributed by atoms with Crippen molar-refractivity contribution in [2.75, 3.05) is 25.0 Å². The summed E-state index contributed by atoms with van der Waals surface area (Å²) in [4.78, 5) is 28.7. The Bertz CT molecular complexity index is 1210. The fourth-order valence-corrected chi connectivity index (χ4v) is 7.51. The number of nitrogens with one attached hydrogen (secondary N) is 1. The SMILES string of the molecule is CC(C)N1CCc2c(sc(NC(=O)c3ccc(S(=O)(=O)N4C[C@H](C)O[C@@H](C)C4)cc3)c2C(N)=O)C1. The molecule has 0 radical (unpaired) electrons. The fraction of sp³-hybridized carbons (Fsp3) is 0.500. The summed E-state index contributed by atoms with van der Waals surface area (Å²) in [7, 11) is -3.70. The molecule has 9 nitrogen and oxygen atoms in total. The number of nitrogens with two attached hydrogens (primary N) is 1. The normalized spacial score (nSPS) is 21.6. The number of sulfonamides is 1. The summed E-state index contributed by atoms with van der Waals surface area (Å²) in [5.74, 6) is -0.990. The lowest BCUT2D eigenvalue weighted by molar-refractivity contribution is -0.0440. The second-order valence-electron chi connectivity index (χ2n) is 9.44. The minimum absolute atomic E-state index is 0.119. The van der Waals surface area contributed by atoms with Crippen molar-refractivity contribution in [3.05, 3.63) is 45.8 Å². The van der Waals surface area contributed by atoms with Crippen LogP contribution in [0.1, 0.15) is 58.9 Å². The van der Waals surface area contributed by atoms with E-state index in [0.717, 1.165) is 17.0 Å². The number of morpholine rings is 1. The maximum Gasteiger partial charge on any atom is 0.256 e. The third-order valence-electron chi connectivity index (χ3n) is 6.43. The monoisotopic (exact) mass is 520 g/mol. The predicted molar refractivity (Wildman–Crippen MR) is 135 cm³/mol. The molecule has 0 unspecified atom stereocenters. The molecule has 2 aliphatic heterocycles. The highest BCUT2D eigenvalue weighted by atomic mass is 32.2. The van der Waals surface area contributed by atoms with Gasteiger partial charge in [0.2, 0.25) is 10.0 Å². The number of anilines is 1. The van der Waals surface area contributed by atoms with Gasteiger partial charge < -0.3 is 15.8 Å². The number of hydrogen-bond donors (Lipinski definition) is 2. The molecule has 2 amide bonds. The highest BCUT2D eigenvalue weighted by molar-refractivity contribution is 7.89. The summed E-state index contributed by atoms with van der Waals surface area (Å²) in [5.41, 5.74) is 7.24. The van der Waals surface area contributed by atoms with E-state index in [2.05, 4.69) is 24.1 Å². The van der Waals surface area contributed by atoms with Gasteiger partial charge in [-0.3, -0.25) is 14.5 Å². The van der Waals surface area contributed by atoms with Crippen molar-refractivity contribution in [2.45, 2.75) is 63.8 Å². The average Bonchev–Trinajstić information content (AvgIpc) is 3.15. The molecule has 190 valence electrons. The van der Waals surface area contributed by atoms with Gasteiger partial charge in [0.15, 0.2) is 0 Å². The molecule has 3 heterocycles. The van der Waals surface area contributed by atoms with Crippen molar-refractivity contribution in [3.63, 3.8) is 0 Å². The van der Waals surface area contributed by atoms with Crippen molar-refractivity contribution < 1.29 is 22.7 Å². The van der Waals surface area contributed by atoms with E-state index in [4.69, 9.17) is 10.5 Å².